The Morgan fingerprint density at radius 2 is 2.19 bits per heavy atom. The van der Waals surface area contributed by atoms with E-state index >= 15 is 0 Å². The second kappa shape index (κ2) is 4.45. The number of rotatable bonds is 4. The summed E-state index contributed by atoms with van der Waals surface area (Å²) in [5.74, 6) is 0.670. The molecule has 1 heterocycles. The van der Waals surface area contributed by atoms with Crippen molar-refractivity contribution in [2.24, 2.45) is 0 Å². The SMILES string of the molecule is CCC1(c2cc(N)n(CCO)n2)CCCC1. The number of nitrogens with zero attached hydrogens (tertiary/aromatic N) is 2. The first kappa shape index (κ1) is 11.5. The van der Waals surface area contributed by atoms with E-state index < -0.39 is 0 Å². The lowest BCUT2D eigenvalue weighted by Gasteiger charge is -2.24. The van der Waals surface area contributed by atoms with Crippen molar-refractivity contribution in [2.75, 3.05) is 12.3 Å². The van der Waals surface area contributed by atoms with Gasteiger partial charge in [0.15, 0.2) is 0 Å². The molecular weight excluding hydrogens is 202 g/mol. The molecule has 90 valence electrons. The molecule has 0 bridgehead atoms. The van der Waals surface area contributed by atoms with E-state index in [1.807, 2.05) is 6.07 Å². The predicted molar refractivity (Wildman–Crippen MR) is 64.2 cm³/mol. The highest BCUT2D eigenvalue weighted by molar-refractivity contribution is 5.35. The van der Waals surface area contributed by atoms with Crippen molar-refractivity contribution in [1.82, 2.24) is 9.78 Å². The topological polar surface area (TPSA) is 64.1 Å². The number of anilines is 1. The van der Waals surface area contributed by atoms with Crippen LogP contribution in [0.25, 0.3) is 0 Å². The average molecular weight is 223 g/mol. The summed E-state index contributed by atoms with van der Waals surface area (Å²) in [6.45, 7) is 2.81. The van der Waals surface area contributed by atoms with Crippen LogP contribution in [0.4, 0.5) is 5.82 Å². The predicted octanol–water partition coefficient (Wildman–Crippen LogP) is 1.68. The largest absolute Gasteiger partial charge is 0.394 e. The molecule has 0 amide bonds. The molecule has 4 nitrogen and oxygen atoms in total. The van der Waals surface area contributed by atoms with E-state index in [1.54, 1.807) is 4.68 Å². The van der Waals surface area contributed by atoms with Crippen LogP contribution in [0.15, 0.2) is 6.07 Å². The molecular formula is C12H21N3O. The molecule has 1 aliphatic carbocycles. The lowest BCUT2D eigenvalue weighted by atomic mass is 9.80. The Kier molecular flexibility index (Phi) is 3.19. The van der Waals surface area contributed by atoms with Crippen molar-refractivity contribution in [1.29, 1.82) is 0 Å². The molecule has 1 aliphatic rings. The molecule has 0 spiro atoms. The summed E-state index contributed by atoms with van der Waals surface area (Å²) in [5.41, 5.74) is 7.27. The summed E-state index contributed by atoms with van der Waals surface area (Å²) >= 11 is 0. The fraction of sp³-hybridized carbons (Fsp3) is 0.750. The van der Waals surface area contributed by atoms with Crippen LogP contribution in [0.1, 0.15) is 44.7 Å². The van der Waals surface area contributed by atoms with E-state index in [0.717, 1.165) is 12.1 Å². The maximum absolute atomic E-state index is 8.92. The molecule has 1 fully saturated rings. The van der Waals surface area contributed by atoms with E-state index in [4.69, 9.17) is 10.8 Å². The summed E-state index contributed by atoms with van der Waals surface area (Å²) in [6, 6.07) is 1.99. The van der Waals surface area contributed by atoms with Crippen LogP contribution in [0.5, 0.6) is 0 Å². The van der Waals surface area contributed by atoms with Gasteiger partial charge in [-0.25, -0.2) is 4.68 Å². The first-order valence-corrected chi connectivity index (χ1v) is 6.16. The van der Waals surface area contributed by atoms with Gasteiger partial charge in [0.25, 0.3) is 0 Å². The molecule has 0 aliphatic heterocycles. The van der Waals surface area contributed by atoms with Gasteiger partial charge in [0.1, 0.15) is 5.82 Å². The van der Waals surface area contributed by atoms with Gasteiger partial charge in [0, 0.05) is 11.5 Å². The number of aromatic nitrogens is 2. The first-order valence-electron chi connectivity index (χ1n) is 6.16. The number of nitrogens with two attached hydrogens (primary N) is 1. The summed E-state index contributed by atoms with van der Waals surface area (Å²) in [7, 11) is 0. The average Bonchev–Trinajstić information content (AvgIpc) is 2.88. The van der Waals surface area contributed by atoms with Gasteiger partial charge in [-0.1, -0.05) is 19.8 Å². The standard InChI is InChI=1S/C12H21N3O/c1-2-12(5-3-4-6-12)10-9-11(13)15(14-10)7-8-16/h9,16H,2-8,13H2,1H3. The van der Waals surface area contributed by atoms with Crippen molar-refractivity contribution in [3.05, 3.63) is 11.8 Å². The van der Waals surface area contributed by atoms with Crippen LogP contribution in [0.2, 0.25) is 0 Å². The van der Waals surface area contributed by atoms with Gasteiger partial charge < -0.3 is 10.8 Å². The van der Waals surface area contributed by atoms with Crippen LogP contribution in [0, 0.1) is 0 Å². The van der Waals surface area contributed by atoms with Crippen LogP contribution in [-0.4, -0.2) is 21.5 Å². The molecule has 0 unspecified atom stereocenters. The van der Waals surface area contributed by atoms with Gasteiger partial charge >= 0.3 is 0 Å². The molecule has 1 aromatic heterocycles. The first-order chi connectivity index (χ1) is 7.72. The summed E-state index contributed by atoms with van der Waals surface area (Å²) in [4.78, 5) is 0. The lowest BCUT2D eigenvalue weighted by Crippen LogP contribution is -2.22. The molecule has 0 aromatic carbocycles. The van der Waals surface area contributed by atoms with Crippen molar-refractivity contribution < 1.29 is 5.11 Å². The van der Waals surface area contributed by atoms with Crippen LogP contribution < -0.4 is 5.73 Å². The summed E-state index contributed by atoms with van der Waals surface area (Å²) in [6.07, 6.45) is 6.15. The monoisotopic (exact) mass is 223 g/mol. The van der Waals surface area contributed by atoms with E-state index in [1.165, 1.54) is 25.7 Å². The fourth-order valence-corrected chi connectivity index (χ4v) is 2.81. The van der Waals surface area contributed by atoms with Crippen molar-refractivity contribution >= 4 is 5.82 Å². The van der Waals surface area contributed by atoms with Crippen LogP contribution >= 0.6 is 0 Å². The Morgan fingerprint density at radius 3 is 2.75 bits per heavy atom. The molecule has 1 saturated carbocycles. The van der Waals surface area contributed by atoms with E-state index in [0.29, 0.717) is 12.4 Å². The Hall–Kier alpha value is -1.03. The van der Waals surface area contributed by atoms with Gasteiger partial charge in [-0.15, -0.1) is 0 Å². The minimum atomic E-state index is 0.0877. The lowest BCUT2D eigenvalue weighted by molar-refractivity contribution is 0.269. The molecule has 3 N–H and O–H groups in total. The smallest absolute Gasteiger partial charge is 0.122 e. The van der Waals surface area contributed by atoms with Gasteiger partial charge in [-0.2, -0.15) is 5.10 Å². The second-order valence-corrected chi connectivity index (χ2v) is 4.74. The molecule has 4 heteroatoms. The minimum absolute atomic E-state index is 0.0877. The quantitative estimate of drug-likeness (QED) is 0.816. The van der Waals surface area contributed by atoms with Gasteiger partial charge in [0.2, 0.25) is 0 Å². The minimum Gasteiger partial charge on any atom is -0.394 e. The molecule has 0 atom stereocenters. The zero-order valence-electron chi connectivity index (χ0n) is 9.95. The van der Waals surface area contributed by atoms with Gasteiger partial charge in [-0.05, 0) is 19.3 Å². The third-order valence-electron chi connectivity index (χ3n) is 3.90. The highest BCUT2D eigenvalue weighted by atomic mass is 16.3. The van der Waals surface area contributed by atoms with Crippen LogP contribution in [0.3, 0.4) is 0 Å². The van der Waals surface area contributed by atoms with Crippen molar-refractivity contribution in [2.45, 2.75) is 51.0 Å². The van der Waals surface area contributed by atoms with Crippen molar-refractivity contribution in [3.8, 4) is 0 Å². The second-order valence-electron chi connectivity index (χ2n) is 4.74. The zero-order valence-corrected chi connectivity index (χ0v) is 9.95. The molecule has 0 radical (unpaired) electrons. The van der Waals surface area contributed by atoms with E-state index in [9.17, 15) is 0 Å². The third kappa shape index (κ3) is 1.82. The number of hydrogen-bond donors (Lipinski definition) is 2. The normalized spacial score (nSPS) is 19.1. The number of aliphatic hydroxyl groups is 1. The zero-order chi connectivity index (χ0) is 11.6. The van der Waals surface area contributed by atoms with Gasteiger partial charge in [0.05, 0.1) is 18.8 Å². The molecule has 1 aromatic rings. The fourth-order valence-electron chi connectivity index (χ4n) is 2.81. The molecule has 16 heavy (non-hydrogen) atoms. The van der Waals surface area contributed by atoms with Gasteiger partial charge in [-0.3, -0.25) is 0 Å². The number of hydrogen-bond acceptors (Lipinski definition) is 3. The Morgan fingerprint density at radius 1 is 1.50 bits per heavy atom. The highest BCUT2D eigenvalue weighted by Crippen LogP contribution is 2.43. The number of aliphatic hydroxyl groups excluding tert-OH is 1. The maximum atomic E-state index is 8.92. The van der Waals surface area contributed by atoms with Crippen LogP contribution in [-0.2, 0) is 12.0 Å². The third-order valence-corrected chi connectivity index (χ3v) is 3.90. The number of nitrogen functional groups attached to an aromatic ring is 1. The Bertz CT molecular complexity index is 353. The molecule has 2 rings (SSSR count). The molecule has 0 saturated heterocycles. The van der Waals surface area contributed by atoms with E-state index in [-0.39, 0.29) is 12.0 Å². The summed E-state index contributed by atoms with van der Waals surface area (Å²) in [5, 5.41) is 13.5. The Balaban J connectivity index is 2.28. The Labute approximate surface area is 96.5 Å². The summed E-state index contributed by atoms with van der Waals surface area (Å²) < 4.78 is 1.71. The van der Waals surface area contributed by atoms with E-state index in [2.05, 4.69) is 12.0 Å². The van der Waals surface area contributed by atoms with Crippen molar-refractivity contribution in [3.63, 3.8) is 0 Å². The highest BCUT2D eigenvalue weighted by Gasteiger charge is 2.36. The maximum Gasteiger partial charge on any atom is 0.122 e.